The van der Waals surface area contributed by atoms with Gasteiger partial charge in [-0.3, -0.25) is 14.5 Å². The molecule has 2 aromatic carbocycles. The number of urea groups is 2. The van der Waals surface area contributed by atoms with Crippen molar-refractivity contribution in [2.24, 2.45) is 0 Å². The molecule has 2 aliphatic rings. The molecule has 6 amide bonds. The number of amides is 6. The number of carbonyl (C=O) groups excluding carboxylic acids is 4. The molecule has 0 bridgehead atoms. The summed E-state index contributed by atoms with van der Waals surface area (Å²) in [7, 11) is 0. The number of carbonyl (C=O) groups is 4. The summed E-state index contributed by atoms with van der Waals surface area (Å²) in [6.45, 7) is 2.07. The zero-order valence-corrected chi connectivity index (χ0v) is 19.1. The van der Waals surface area contributed by atoms with Crippen LogP contribution in [0.3, 0.4) is 0 Å². The van der Waals surface area contributed by atoms with Crippen molar-refractivity contribution in [3.63, 3.8) is 0 Å². The van der Waals surface area contributed by atoms with Crippen LogP contribution in [0.4, 0.5) is 26.7 Å². The van der Waals surface area contributed by atoms with Gasteiger partial charge in [0, 0.05) is 30.0 Å². The van der Waals surface area contributed by atoms with Gasteiger partial charge < -0.3 is 21.3 Å². The van der Waals surface area contributed by atoms with Crippen molar-refractivity contribution in [3.05, 3.63) is 54.1 Å². The average Bonchev–Trinajstić information content (AvgIpc) is 3.37. The fourth-order valence-corrected chi connectivity index (χ4v) is 4.46. The van der Waals surface area contributed by atoms with Crippen LogP contribution in [0.25, 0.3) is 0 Å². The van der Waals surface area contributed by atoms with E-state index >= 15 is 0 Å². The maximum atomic E-state index is 12.7. The zero-order chi connectivity index (χ0) is 24.1. The summed E-state index contributed by atoms with van der Waals surface area (Å²) >= 11 is 0. The van der Waals surface area contributed by atoms with Crippen molar-refractivity contribution in [2.45, 2.75) is 51.0 Å². The zero-order valence-electron chi connectivity index (χ0n) is 19.1. The Balaban J connectivity index is 1.28. The van der Waals surface area contributed by atoms with Gasteiger partial charge in [-0.1, -0.05) is 37.1 Å². The molecule has 4 N–H and O–H groups in total. The Morgan fingerprint density at radius 3 is 2.41 bits per heavy atom. The van der Waals surface area contributed by atoms with Gasteiger partial charge in [0.05, 0.1) is 0 Å². The maximum absolute atomic E-state index is 12.7. The van der Waals surface area contributed by atoms with Gasteiger partial charge in [0.2, 0.25) is 5.91 Å². The van der Waals surface area contributed by atoms with E-state index in [9.17, 15) is 19.2 Å². The molecule has 178 valence electrons. The Labute approximate surface area is 198 Å². The highest BCUT2D eigenvalue weighted by Gasteiger charge is 2.52. The summed E-state index contributed by atoms with van der Waals surface area (Å²) < 4.78 is 0. The second kappa shape index (κ2) is 9.94. The minimum Gasteiger partial charge on any atom is -0.326 e. The van der Waals surface area contributed by atoms with Crippen LogP contribution in [-0.2, 0) is 9.59 Å². The number of nitrogens with zero attached hydrogens (tertiary/aromatic N) is 1. The second-order valence-corrected chi connectivity index (χ2v) is 8.80. The lowest BCUT2D eigenvalue weighted by molar-refractivity contribution is -0.131. The Bertz CT molecular complexity index is 1100. The molecule has 4 rings (SSSR count). The normalized spacial score (nSPS) is 16.4. The van der Waals surface area contributed by atoms with E-state index in [-0.39, 0.29) is 36.8 Å². The van der Waals surface area contributed by atoms with Gasteiger partial charge in [-0.15, -0.1) is 0 Å². The van der Waals surface area contributed by atoms with Crippen molar-refractivity contribution in [3.8, 4) is 0 Å². The molecule has 1 aliphatic carbocycles. The number of para-hydroxylation sites is 1. The summed E-state index contributed by atoms with van der Waals surface area (Å²) in [6.07, 6.45) is 3.77. The fourth-order valence-electron chi connectivity index (χ4n) is 4.46. The number of aryl methyl sites for hydroxylation is 1. The van der Waals surface area contributed by atoms with Crippen molar-refractivity contribution in [1.82, 2.24) is 10.2 Å². The molecule has 1 saturated carbocycles. The van der Waals surface area contributed by atoms with Crippen LogP contribution in [0.5, 0.6) is 0 Å². The molecule has 1 heterocycles. The highest BCUT2D eigenvalue weighted by Crippen LogP contribution is 2.35. The molecule has 0 unspecified atom stereocenters. The molecule has 0 atom stereocenters. The molecule has 2 fully saturated rings. The number of benzene rings is 2. The van der Waals surface area contributed by atoms with E-state index in [0.717, 1.165) is 18.4 Å². The highest BCUT2D eigenvalue weighted by molar-refractivity contribution is 6.07. The van der Waals surface area contributed by atoms with E-state index in [1.54, 1.807) is 24.3 Å². The lowest BCUT2D eigenvalue weighted by Gasteiger charge is -2.20. The first-order valence-corrected chi connectivity index (χ1v) is 11.5. The molecule has 9 heteroatoms. The van der Waals surface area contributed by atoms with Crippen LogP contribution in [0, 0.1) is 6.92 Å². The molecule has 1 aliphatic heterocycles. The predicted molar refractivity (Wildman–Crippen MR) is 130 cm³/mol. The number of hydrogen-bond donors (Lipinski definition) is 4. The minimum absolute atomic E-state index is 0.162. The molecule has 2 aromatic rings. The number of rotatable bonds is 7. The lowest BCUT2D eigenvalue weighted by atomic mass is 9.98. The summed E-state index contributed by atoms with van der Waals surface area (Å²) in [4.78, 5) is 50.9. The van der Waals surface area contributed by atoms with Gasteiger partial charge in [-0.05, 0) is 56.0 Å². The smallest absolute Gasteiger partial charge is 0.325 e. The van der Waals surface area contributed by atoms with Gasteiger partial charge in [0.25, 0.3) is 5.91 Å². The number of hydrogen-bond acceptors (Lipinski definition) is 4. The monoisotopic (exact) mass is 463 g/mol. The molecule has 34 heavy (non-hydrogen) atoms. The topological polar surface area (TPSA) is 120 Å². The Morgan fingerprint density at radius 2 is 1.68 bits per heavy atom. The summed E-state index contributed by atoms with van der Waals surface area (Å²) in [6, 6.07) is 13.6. The molecular weight excluding hydrogens is 434 g/mol. The summed E-state index contributed by atoms with van der Waals surface area (Å²) in [5.74, 6) is -0.393. The Morgan fingerprint density at radius 1 is 0.971 bits per heavy atom. The Kier molecular flexibility index (Phi) is 6.81. The van der Waals surface area contributed by atoms with Gasteiger partial charge >= 0.3 is 12.1 Å². The molecular formula is C25H29N5O4. The van der Waals surface area contributed by atoms with Crippen molar-refractivity contribution >= 4 is 40.9 Å². The quantitative estimate of drug-likeness (QED) is 0.460. The lowest BCUT2D eigenvalue weighted by Crippen LogP contribution is -2.44. The van der Waals surface area contributed by atoms with Crippen LogP contribution in [0.2, 0.25) is 0 Å². The maximum Gasteiger partial charge on any atom is 0.325 e. The van der Waals surface area contributed by atoms with Crippen LogP contribution in [-0.4, -0.2) is 40.9 Å². The first kappa shape index (κ1) is 23.3. The van der Waals surface area contributed by atoms with E-state index in [4.69, 9.17) is 0 Å². The Hall–Kier alpha value is -3.88. The molecule has 1 spiro atoms. The standard InChI is InChI=1S/C25H29N5O4/c1-17-11-12-19(27-23(33)26-18-8-3-2-4-9-18)16-20(17)28-21(31)10-7-15-30-22(32)25(29-24(30)34)13-5-6-14-25/h2-4,8-9,11-12,16H,5-7,10,13-15H2,1H3,(H,28,31)(H,29,34)(H2,26,27,33). The van der Waals surface area contributed by atoms with Crippen molar-refractivity contribution < 1.29 is 19.2 Å². The third-order valence-corrected chi connectivity index (χ3v) is 6.29. The first-order valence-electron chi connectivity index (χ1n) is 11.5. The van der Waals surface area contributed by atoms with Crippen LogP contribution in [0.1, 0.15) is 44.1 Å². The predicted octanol–water partition coefficient (Wildman–Crippen LogP) is 4.22. The molecule has 9 nitrogen and oxygen atoms in total. The van der Waals surface area contributed by atoms with Crippen LogP contribution >= 0.6 is 0 Å². The van der Waals surface area contributed by atoms with E-state index in [1.165, 1.54) is 4.90 Å². The van der Waals surface area contributed by atoms with E-state index in [2.05, 4.69) is 21.3 Å². The average molecular weight is 464 g/mol. The van der Waals surface area contributed by atoms with Crippen LogP contribution in [0.15, 0.2) is 48.5 Å². The van der Waals surface area contributed by atoms with E-state index in [0.29, 0.717) is 36.3 Å². The number of imide groups is 1. The summed E-state index contributed by atoms with van der Waals surface area (Å²) in [5, 5.41) is 11.2. The van der Waals surface area contributed by atoms with Gasteiger partial charge in [0.1, 0.15) is 5.54 Å². The third kappa shape index (κ3) is 5.19. The van der Waals surface area contributed by atoms with Crippen molar-refractivity contribution in [2.75, 3.05) is 22.5 Å². The molecule has 1 saturated heterocycles. The van der Waals surface area contributed by atoms with Gasteiger partial charge in [0.15, 0.2) is 0 Å². The first-order chi connectivity index (χ1) is 16.4. The SMILES string of the molecule is Cc1ccc(NC(=O)Nc2ccccc2)cc1NC(=O)CCCN1C(=O)NC2(CCCC2)C1=O. The van der Waals surface area contributed by atoms with Gasteiger partial charge in [-0.2, -0.15) is 0 Å². The molecule has 0 radical (unpaired) electrons. The van der Waals surface area contributed by atoms with Gasteiger partial charge in [-0.25, -0.2) is 9.59 Å². The molecule has 0 aromatic heterocycles. The summed E-state index contributed by atoms with van der Waals surface area (Å²) in [5.41, 5.74) is 1.92. The number of anilines is 3. The highest BCUT2D eigenvalue weighted by atomic mass is 16.2. The largest absolute Gasteiger partial charge is 0.326 e. The number of nitrogens with one attached hydrogen (secondary N) is 4. The fraction of sp³-hybridized carbons (Fsp3) is 0.360. The van der Waals surface area contributed by atoms with E-state index in [1.807, 2.05) is 31.2 Å². The second-order valence-electron chi connectivity index (χ2n) is 8.80. The van der Waals surface area contributed by atoms with Crippen LogP contribution < -0.4 is 21.3 Å². The van der Waals surface area contributed by atoms with Crippen molar-refractivity contribution in [1.29, 1.82) is 0 Å². The minimum atomic E-state index is -0.725. The van der Waals surface area contributed by atoms with E-state index < -0.39 is 5.54 Å². The third-order valence-electron chi connectivity index (χ3n) is 6.29.